The Morgan fingerprint density at radius 3 is 3.00 bits per heavy atom. The molecule has 1 atom stereocenters. The van der Waals surface area contributed by atoms with Gasteiger partial charge in [0.1, 0.15) is 0 Å². The van der Waals surface area contributed by atoms with Gasteiger partial charge >= 0.3 is 0 Å². The molecule has 1 unspecified atom stereocenters. The Bertz CT molecular complexity index is 218. The van der Waals surface area contributed by atoms with Crippen molar-refractivity contribution in [3.63, 3.8) is 0 Å². The van der Waals surface area contributed by atoms with E-state index in [2.05, 4.69) is 0 Å². The van der Waals surface area contributed by atoms with Gasteiger partial charge in [-0.2, -0.15) is 0 Å². The van der Waals surface area contributed by atoms with Gasteiger partial charge in [0.05, 0.1) is 0 Å². The van der Waals surface area contributed by atoms with Crippen LogP contribution in [0.2, 0.25) is 0 Å². The highest BCUT2D eigenvalue weighted by Crippen LogP contribution is 2.10. The molecule has 0 bridgehead atoms. The minimum Gasteiger partial charge on any atom is -0.772 e. The van der Waals surface area contributed by atoms with Crippen molar-refractivity contribution in [3.8, 4) is 0 Å². The van der Waals surface area contributed by atoms with Crippen molar-refractivity contribution in [1.82, 2.24) is 0 Å². The molecule has 0 aliphatic heterocycles. The van der Waals surface area contributed by atoms with E-state index in [1.807, 2.05) is 17.5 Å². The van der Waals surface area contributed by atoms with Gasteiger partial charge in [-0.15, -0.1) is 11.3 Å². The predicted octanol–water partition coefficient (Wildman–Crippen LogP) is 1.56. The number of thiophene rings is 1. The molecule has 11 heavy (non-hydrogen) atoms. The lowest BCUT2D eigenvalue weighted by Crippen LogP contribution is -1.96. The van der Waals surface area contributed by atoms with Crippen molar-refractivity contribution in [2.75, 3.05) is 5.75 Å². The molecule has 0 saturated heterocycles. The van der Waals surface area contributed by atoms with Gasteiger partial charge in [-0.05, 0) is 24.3 Å². The zero-order valence-electron chi connectivity index (χ0n) is 5.99. The molecule has 2 nitrogen and oxygen atoms in total. The number of hydrogen-bond donors (Lipinski definition) is 0. The van der Waals surface area contributed by atoms with Crippen molar-refractivity contribution >= 4 is 22.4 Å². The molecule has 0 N–H and O–H groups in total. The molecule has 0 saturated carbocycles. The van der Waals surface area contributed by atoms with Gasteiger partial charge in [0.15, 0.2) is 0 Å². The van der Waals surface area contributed by atoms with Gasteiger partial charge in [0, 0.05) is 10.6 Å². The summed E-state index contributed by atoms with van der Waals surface area (Å²) in [7, 11) is 0. The average Bonchev–Trinajstić information content (AvgIpc) is 2.39. The Hall–Kier alpha value is -0.190. The number of hydrogen-bond acceptors (Lipinski definition) is 3. The summed E-state index contributed by atoms with van der Waals surface area (Å²) in [6.07, 6.45) is 1.61. The summed E-state index contributed by atoms with van der Waals surface area (Å²) in [5, 5.41) is 2.00. The van der Waals surface area contributed by atoms with Gasteiger partial charge in [-0.25, -0.2) is 0 Å². The van der Waals surface area contributed by atoms with Crippen LogP contribution in [0.4, 0.5) is 0 Å². The van der Waals surface area contributed by atoms with Crippen molar-refractivity contribution in [3.05, 3.63) is 22.4 Å². The molecule has 1 rings (SSSR count). The van der Waals surface area contributed by atoms with Crippen LogP contribution in [-0.4, -0.2) is 14.5 Å². The van der Waals surface area contributed by atoms with E-state index in [9.17, 15) is 8.76 Å². The Labute approximate surface area is 72.5 Å². The van der Waals surface area contributed by atoms with Crippen molar-refractivity contribution in [1.29, 1.82) is 0 Å². The normalized spacial score (nSPS) is 13.2. The third-order valence-electron chi connectivity index (χ3n) is 1.31. The van der Waals surface area contributed by atoms with E-state index < -0.39 is 11.1 Å². The van der Waals surface area contributed by atoms with Gasteiger partial charge < -0.3 is 4.55 Å². The molecule has 62 valence electrons. The summed E-state index contributed by atoms with van der Waals surface area (Å²) >= 11 is -0.199. The first kappa shape index (κ1) is 8.90. The Balaban J connectivity index is 2.19. The van der Waals surface area contributed by atoms with Crippen LogP contribution >= 0.6 is 11.3 Å². The molecule has 0 amide bonds. The summed E-state index contributed by atoms with van der Waals surface area (Å²) in [6, 6.07) is 4.01. The van der Waals surface area contributed by atoms with E-state index in [0.717, 1.165) is 12.8 Å². The first-order chi connectivity index (χ1) is 5.29. The van der Waals surface area contributed by atoms with Gasteiger partial charge in [-0.1, -0.05) is 17.1 Å². The molecule has 4 heteroatoms. The van der Waals surface area contributed by atoms with Gasteiger partial charge in [0.25, 0.3) is 0 Å². The fourth-order valence-electron chi connectivity index (χ4n) is 0.819. The SMILES string of the molecule is O=S([O-])CCCc1cccs1. The summed E-state index contributed by atoms with van der Waals surface area (Å²) in [6.45, 7) is 0. The second-order valence-corrected chi connectivity index (χ2v) is 4.24. The maximum atomic E-state index is 10.1. The van der Waals surface area contributed by atoms with Crippen LogP contribution in [0.1, 0.15) is 11.3 Å². The highest BCUT2D eigenvalue weighted by Gasteiger charge is 1.92. The van der Waals surface area contributed by atoms with Crippen LogP contribution in [0.3, 0.4) is 0 Å². The van der Waals surface area contributed by atoms with Crippen LogP contribution in [0.25, 0.3) is 0 Å². The molecule has 0 aliphatic carbocycles. The molecule has 0 aromatic carbocycles. The van der Waals surface area contributed by atoms with E-state index in [4.69, 9.17) is 0 Å². The second kappa shape index (κ2) is 4.64. The van der Waals surface area contributed by atoms with Crippen molar-refractivity contribution in [2.45, 2.75) is 12.8 Å². The summed E-state index contributed by atoms with van der Waals surface area (Å²) in [5.74, 6) is 0.276. The third kappa shape index (κ3) is 3.65. The maximum Gasteiger partial charge on any atom is 0.0105 e. The largest absolute Gasteiger partial charge is 0.772 e. The topological polar surface area (TPSA) is 40.1 Å². The van der Waals surface area contributed by atoms with Gasteiger partial charge in [0.2, 0.25) is 0 Å². The fourth-order valence-corrected chi connectivity index (χ4v) is 1.95. The van der Waals surface area contributed by atoms with Gasteiger partial charge in [-0.3, -0.25) is 4.21 Å². The monoisotopic (exact) mass is 189 g/mol. The smallest absolute Gasteiger partial charge is 0.0105 e. The molecule has 1 heterocycles. The summed E-state index contributed by atoms with van der Waals surface area (Å²) < 4.78 is 20.3. The zero-order valence-corrected chi connectivity index (χ0v) is 7.62. The van der Waals surface area contributed by atoms with E-state index in [-0.39, 0.29) is 5.75 Å². The highest BCUT2D eigenvalue weighted by molar-refractivity contribution is 7.79. The summed E-state index contributed by atoms with van der Waals surface area (Å²) in [5.41, 5.74) is 0. The Morgan fingerprint density at radius 2 is 2.45 bits per heavy atom. The van der Waals surface area contributed by atoms with E-state index in [1.54, 1.807) is 11.3 Å². The van der Waals surface area contributed by atoms with Crippen LogP contribution < -0.4 is 0 Å². The molecule has 0 fully saturated rings. The molecule has 0 aliphatic rings. The fraction of sp³-hybridized carbons (Fsp3) is 0.429. The first-order valence-corrected chi connectivity index (χ1v) is 5.49. The molecular weight excluding hydrogens is 180 g/mol. The molecule has 1 aromatic heterocycles. The quantitative estimate of drug-likeness (QED) is 0.674. The second-order valence-electron chi connectivity index (χ2n) is 2.19. The third-order valence-corrected chi connectivity index (χ3v) is 2.87. The number of aryl methyl sites for hydroxylation is 1. The standard InChI is InChI=1S/C7H10O2S2/c8-11(9)6-2-4-7-3-1-5-10-7/h1,3,5H,2,4,6H2,(H,8,9)/p-1. The lowest BCUT2D eigenvalue weighted by molar-refractivity contribution is 0.535. The number of rotatable bonds is 4. The minimum absolute atomic E-state index is 0.276. The van der Waals surface area contributed by atoms with Crippen LogP contribution in [0.15, 0.2) is 17.5 Å². The molecule has 0 radical (unpaired) electrons. The first-order valence-electron chi connectivity index (χ1n) is 3.37. The average molecular weight is 189 g/mol. The summed E-state index contributed by atoms with van der Waals surface area (Å²) in [4.78, 5) is 1.26. The van der Waals surface area contributed by atoms with Crippen LogP contribution in [-0.2, 0) is 17.5 Å². The van der Waals surface area contributed by atoms with Crippen molar-refractivity contribution in [2.24, 2.45) is 0 Å². The lowest BCUT2D eigenvalue weighted by Gasteiger charge is -2.02. The molecule has 0 spiro atoms. The Morgan fingerprint density at radius 1 is 1.64 bits per heavy atom. The maximum absolute atomic E-state index is 10.1. The highest BCUT2D eigenvalue weighted by atomic mass is 32.2. The van der Waals surface area contributed by atoms with E-state index >= 15 is 0 Å². The predicted molar refractivity (Wildman–Crippen MR) is 46.4 cm³/mol. The van der Waals surface area contributed by atoms with Crippen LogP contribution in [0.5, 0.6) is 0 Å². The molecular formula is C7H9O2S2-. The molecule has 1 aromatic rings. The van der Waals surface area contributed by atoms with E-state index in [0.29, 0.717) is 0 Å². The zero-order chi connectivity index (χ0) is 8.10. The minimum atomic E-state index is -1.87. The lowest BCUT2D eigenvalue weighted by atomic mass is 10.3. The van der Waals surface area contributed by atoms with Crippen molar-refractivity contribution < 1.29 is 8.76 Å². The van der Waals surface area contributed by atoms with Crippen LogP contribution in [0, 0.1) is 0 Å². The van der Waals surface area contributed by atoms with E-state index in [1.165, 1.54) is 4.88 Å². The Kier molecular flexibility index (Phi) is 3.76.